The largest absolute Gasteiger partial charge is 0.390 e. The molecule has 1 aliphatic heterocycles. The summed E-state index contributed by atoms with van der Waals surface area (Å²) in [6.07, 6.45) is 1.72. The molecule has 1 aromatic heterocycles. The van der Waals surface area contributed by atoms with Crippen LogP contribution in [0.4, 0.5) is 0 Å². The van der Waals surface area contributed by atoms with Gasteiger partial charge in [-0.05, 0) is 37.0 Å². The van der Waals surface area contributed by atoms with Gasteiger partial charge >= 0.3 is 0 Å². The van der Waals surface area contributed by atoms with Crippen LogP contribution in [0.2, 0.25) is 0 Å². The lowest BCUT2D eigenvalue weighted by molar-refractivity contribution is -0.123. The van der Waals surface area contributed by atoms with Crippen molar-refractivity contribution in [3.63, 3.8) is 0 Å². The van der Waals surface area contributed by atoms with Crippen LogP contribution in [-0.2, 0) is 21.2 Å². The summed E-state index contributed by atoms with van der Waals surface area (Å²) in [6, 6.07) is 12.8. The summed E-state index contributed by atoms with van der Waals surface area (Å²) in [6.45, 7) is 0.135. The van der Waals surface area contributed by atoms with Gasteiger partial charge in [-0.2, -0.15) is 4.31 Å². The number of aliphatic hydroxyl groups is 1. The number of pyridine rings is 1. The normalized spacial score (nSPS) is 21.9. The molecule has 4 N–H and O–H groups in total. The average Bonchev–Trinajstić information content (AvgIpc) is 2.91. The molecule has 2 heterocycles. The Morgan fingerprint density at radius 3 is 2.66 bits per heavy atom. The number of benzene rings is 1. The number of aliphatic hydroxyl groups excluding tert-OH is 1. The van der Waals surface area contributed by atoms with Crippen molar-refractivity contribution >= 4 is 15.9 Å². The Labute approximate surface area is 170 Å². The highest BCUT2D eigenvalue weighted by Gasteiger charge is 2.34. The maximum absolute atomic E-state index is 12.8. The second kappa shape index (κ2) is 9.45. The lowest BCUT2D eigenvalue weighted by Gasteiger charge is -2.25. The second-order valence-electron chi connectivity index (χ2n) is 7.15. The third-order valence-corrected chi connectivity index (χ3v) is 6.76. The van der Waals surface area contributed by atoms with Gasteiger partial charge in [0.2, 0.25) is 5.91 Å². The van der Waals surface area contributed by atoms with E-state index >= 15 is 0 Å². The second-order valence-corrected chi connectivity index (χ2v) is 9.04. The Morgan fingerprint density at radius 1 is 1.24 bits per heavy atom. The van der Waals surface area contributed by atoms with E-state index in [1.165, 1.54) is 16.6 Å². The molecule has 2 aromatic rings. The summed E-state index contributed by atoms with van der Waals surface area (Å²) in [5, 5.41) is 13.3. The molecule has 1 amide bonds. The van der Waals surface area contributed by atoms with Gasteiger partial charge in [0, 0.05) is 19.3 Å². The molecule has 9 heteroatoms. The highest BCUT2D eigenvalue weighted by atomic mass is 32.2. The van der Waals surface area contributed by atoms with Gasteiger partial charge in [-0.15, -0.1) is 0 Å². The minimum absolute atomic E-state index is 0.0560. The fourth-order valence-electron chi connectivity index (χ4n) is 3.38. The lowest BCUT2D eigenvalue weighted by Crippen LogP contribution is -2.52. The predicted octanol–water partition coefficient (Wildman–Crippen LogP) is 0.282. The van der Waals surface area contributed by atoms with E-state index in [0.29, 0.717) is 19.3 Å². The van der Waals surface area contributed by atoms with Crippen LogP contribution in [0.3, 0.4) is 0 Å². The minimum Gasteiger partial charge on any atom is -0.390 e. The molecule has 0 saturated carbocycles. The first-order chi connectivity index (χ1) is 13.9. The summed E-state index contributed by atoms with van der Waals surface area (Å²) in [4.78, 5) is 16.4. The highest BCUT2D eigenvalue weighted by Crippen LogP contribution is 2.19. The Bertz CT molecular complexity index is 909. The fraction of sp³-hybridized carbons (Fsp3) is 0.400. The standard InChI is InChI=1S/C20H26N4O4S/c21-16(13-15-7-2-1-3-8-15)20(26)23-17-9-6-12-24(14-18(17)25)29(27,28)19-10-4-5-11-22-19/h1-5,7-8,10-11,16-18,25H,6,9,12-14,21H2,(H,23,26)/t16-,17?,18?/m0/s1. The molecular weight excluding hydrogens is 392 g/mol. The maximum atomic E-state index is 12.8. The van der Waals surface area contributed by atoms with Crippen LogP contribution in [0.5, 0.6) is 0 Å². The number of nitrogens with two attached hydrogens (primary N) is 1. The topological polar surface area (TPSA) is 126 Å². The molecular formula is C20H26N4O4S. The SMILES string of the molecule is N[C@@H](Cc1ccccc1)C(=O)NC1CCCN(S(=O)(=O)c2ccccn2)CC1O. The van der Waals surface area contributed by atoms with Gasteiger partial charge in [0.05, 0.1) is 18.2 Å². The number of hydrogen-bond donors (Lipinski definition) is 3. The summed E-state index contributed by atoms with van der Waals surface area (Å²) in [7, 11) is -3.80. The van der Waals surface area contributed by atoms with E-state index < -0.39 is 28.2 Å². The van der Waals surface area contributed by atoms with Crippen LogP contribution in [0.25, 0.3) is 0 Å². The van der Waals surface area contributed by atoms with Crippen LogP contribution in [0.1, 0.15) is 18.4 Å². The monoisotopic (exact) mass is 418 g/mol. The summed E-state index contributed by atoms with van der Waals surface area (Å²) in [5.74, 6) is -0.362. The van der Waals surface area contributed by atoms with Gasteiger partial charge in [0.15, 0.2) is 5.03 Å². The smallest absolute Gasteiger partial charge is 0.260 e. The van der Waals surface area contributed by atoms with Crippen molar-refractivity contribution in [1.82, 2.24) is 14.6 Å². The van der Waals surface area contributed by atoms with Gasteiger partial charge in [-0.3, -0.25) is 4.79 Å². The van der Waals surface area contributed by atoms with E-state index in [1.54, 1.807) is 12.1 Å². The van der Waals surface area contributed by atoms with Gasteiger partial charge in [0.1, 0.15) is 0 Å². The molecule has 2 unspecified atom stereocenters. The Kier molecular flexibility index (Phi) is 6.96. The third-order valence-electron chi connectivity index (χ3n) is 4.98. The number of sulfonamides is 1. The van der Waals surface area contributed by atoms with Crippen molar-refractivity contribution in [3.05, 3.63) is 60.3 Å². The molecule has 8 nitrogen and oxygen atoms in total. The molecule has 0 bridgehead atoms. The van der Waals surface area contributed by atoms with Gasteiger partial charge in [-0.1, -0.05) is 36.4 Å². The molecule has 3 atom stereocenters. The van der Waals surface area contributed by atoms with Crippen LogP contribution >= 0.6 is 0 Å². The molecule has 1 fully saturated rings. The molecule has 29 heavy (non-hydrogen) atoms. The number of carbonyl (C=O) groups is 1. The lowest BCUT2D eigenvalue weighted by atomic mass is 10.0. The molecule has 0 spiro atoms. The molecule has 0 aliphatic carbocycles. The Hall–Kier alpha value is -2.33. The van der Waals surface area contributed by atoms with E-state index in [2.05, 4.69) is 10.3 Å². The minimum atomic E-state index is -3.80. The summed E-state index contributed by atoms with van der Waals surface area (Å²) in [5.41, 5.74) is 6.96. The molecule has 0 radical (unpaired) electrons. The fourth-order valence-corrected chi connectivity index (χ4v) is 4.80. The van der Waals surface area contributed by atoms with E-state index in [0.717, 1.165) is 5.56 Å². The van der Waals surface area contributed by atoms with E-state index in [-0.39, 0.29) is 24.0 Å². The first-order valence-electron chi connectivity index (χ1n) is 9.57. The third kappa shape index (κ3) is 5.39. The Morgan fingerprint density at radius 2 is 1.97 bits per heavy atom. The zero-order valence-electron chi connectivity index (χ0n) is 16.0. The van der Waals surface area contributed by atoms with Crippen molar-refractivity contribution < 1.29 is 18.3 Å². The zero-order chi connectivity index (χ0) is 20.9. The van der Waals surface area contributed by atoms with Gasteiger partial charge in [0.25, 0.3) is 10.0 Å². The number of hydrogen-bond acceptors (Lipinski definition) is 6. The number of β-amino-alcohol motifs (C(OH)–C–C–N with tert-alkyl or cyclic N) is 1. The zero-order valence-corrected chi connectivity index (χ0v) is 16.8. The first-order valence-corrected chi connectivity index (χ1v) is 11.0. The van der Waals surface area contributed by atoms with E-state index in [1.807, 2.05) is 30.3 Å². The number of rotatable bonds is 6. The number of nitrogens with one attached hydrogen (secondary N) is 1. The predicted molar refractivity (Wildman–Crippen MR) is 108 cm³/mol. The van der Waals surface area contributed by atoms with Crippen LogP contribution < -0.4 is 11.1 Å². The molecule has 3 rings (SSSR count). The van der Waals surface area contributed by atoms with Gasteiger partial charge < -0.3 is 16.2 Å². The van der Waals surface area contributed by atoms with Crippen LogP contribution in [-0.4, -0.2) is 60.0 Å². The summed E-state index contributed by atoms with van der Waals surface area (Å²) < 4.78 is 26.8. The van der Waals surface area contributed by atoms with Crippen molar-refractivity contribution in [3.8, 4) is 0 Å². The van der Waals surface area contributed by atoms with Crippen molar-refractivity contribution in [2.75, 3.05) is 13.1 Å². The van der Waals surface area contributed by atoms with E-state index in [4.69, 9.17) is 5.73 Å². The summed E-state index contributed by atoms with van der Waals surface area (Å²) >= 11 is 0. The van der Waals surface area contributed by atoms with Crippen LogP contribution in [0, 0.1) is 0 Å². The van der Waals surface area contributed by atoms with Gasteiger partial charge in [-0.25, -0.2) is 13.4 Å². The average molecular weight is 419 g/mol. The molecule has 156 valence electrons. The molecule has 1 saturated heterocycles. The van der Waals surface area contributed by atoms with E-state index in [9.17, 15) is 18.3 Å². The number of aromatic nitrogens is 1. The molecule has 1 aliphatic rings. The number of nitrogens with zero attached hydrogens (tertiary/aromatic N) is 2. The van der Waals surface area contributed by atoms with Crippen molar-refractivity contribution in [2.45, 2.75) is 42.5 Å². The number of amides is 1. The first kappa shape index (κ1) is 21.4. The van der Waals surface area contributed by atoms with Crippen molar-refractivity contribution in [1.29, 1.82) is 0 Å². The quantitative estimate of drug-likeness (QED) is 0.619. The number of carbonyl (C=O) groups excluding carboxylic acids is 1. The maximum Gasteiger partial charge on any atom is 0.260 e. The van der Waals surface area contributed by atoms with Crippen LogP contribution in [0.15, 0.2) is 59.8 Å². The highest BCUT2D eigenvalue weighted by molar-refractivity contribution is 7.89. The Balaban J connectivity index is 1.62. The molecule has 1 aromatic carbocycles. The van der Waals surface area contributed by atoms with Crippen molar-refractivity contribution in [2.24, 2.45) is 5.73 Å².